The Morgan fingerprint density at radius 1 is 1.14 bits per heavy atom. The maximum atomic E-state index is 13.5. The number of rotatable bonds is 7. The number of hydrogen-bond acceptors (Lipinski definition) is 5. The number of aromatic nitrogens is 1. The molecule has 3 aromatic rings. The summed E-state index contributed by atoms with van der Waals surface area (Å²) < 4.78 is 53.4. The van der Waals surface area contributed by atoms with E-state index in [0.29, 0.717) is 16.9 Å². The number of anilines is 2. The van der Waals surface area contributed by atoms with Gasteiger partial charge in [0, 0.05) is 17.5 Å². The van der Waals surface area contributed by atoms with Crippen LogP contribution in [0, 0.1) is 18.6 Å². The first-order valence-corrected chi connectivity index (χ1v) is 10.9. The first-order valence-electron chi connectivity index (χ1n) is 8.52. The minimum atomic E-state index is -3.88. The normalized spacial score (nSPS) is 11.3. The number of carbonyl (C=O) groups excluding carboxylic acids is 1. The van der Waals surface area contributed by atoms with Crippen LogP contribution in [0.5, 0.6) is 0 Å². The lowest BCUT2D eigenvalue weighted by molar-refractivity contribution is -0.116. The fourth-order valence-electron chi connectivity index (χ4n) is 2.39. The van der Waals surface area contributed by atoms with Crippen LogP contribution >= 0.6 is 11.3 Å². The lowest BCUT2D eigenvalue weighted by Crippen LogP contribution is -2.13. The van der Waals surface area contributed by atoms with Crippen molar-refractivity contribution in [1.82, 2.24) is 4.98 Å². The van der Waals surface area contributed by atoms with Gasteiger partial charge in [0.15, 0.2) is 5.13 Å². The zero-order valence-electron chi connectivity index (χ0n) is 15.3. The van der Waals surface area contributed by atoms with E-state index in [4.69, 9.17) is 0 Å². The van der Waals surface area contributed by atoms with Crippen molar-refractivity contribution in [1.29, 1.82) is 0 Å². The van der Waals surface area contributed by atoms with Gasteiger partial charge in [-0.25, -0.2) is 22.2 Å². The highest BCUT2D eigenvalue weighted by Crippen LogP contribution is 2.21. The van der Waals surface area contributed by atoms with E-state index in [1.165, 1.54) is 6.07 Å². The van der Waals surface area contributed by atoms with E-state index in [0.717, 1.165) is 35.6 Å². The summed E-state index contributed by atoms with van der Waals surface area (Å²) in [7, 11) is -3.88. The van der Waals surface area contributed by atoms with Gasteiger partial charge in [0.1, 0.15) is 11.6 Å². The summed E-state index contributed by atoms with van der Waals surface area (Å²) in [6.45, 7) is 1.63. The molecule has 3 rings (SSSR count). The number of hydrogen-bond donors (Lipinski definition) is 2. The number of halogens is 2. The van der Waals surface area contributed by atoms with Crippen LogP contribution in [0.15, 0.2) is 52.7 Å². The molecule has 1 amide bonds. The minimum absolute atomic E-state index is 0.0830. The molecule has 2 N–H and O–H groups in total. The van der Waals surface area contributed by atoms with E-state index in [2.05, 4.69) is 15.0 Å². The molecule has 0 aliphatic carbocycles. The minimum Gasteiger partial charge on any atom is -0.326 e. The molecular weight excluding hydrogens is 420 g/mol. The van der Waals surface area contributed by atoms with Gasteiger partial charge in [0.2, 0.25) is 5.91 Å². The average Bonchev–Trinajstić information content (AvgIpc) is 3.10. The molecule has 0 saturated carbocycles. The van der Waals surface area contributed by atoms with Crippen molar-refractivity contribution in [2.45, 2.75) is 24.7 Å². The van der Waals surface area contributed by atoms with Crippen LogP contribution < -0.4 is 10.0 Å². The van der Waals surface area contributed by atoms with Crippen molar-refractivity contribution < 1.29 is 22.0 Å². The summed E-state index contributed by atoms with van der Waals surface area (Å²) in [5, 5.41) is 4.39. The fraction of sp³-hybridized carbons (Fsp3) is 0.158. The van der Waals surface area contributed by atoms with Gasteiger partial charge in [-0.3, -0.25) is 9.52 Å². The molecule has 0 fully saturated rings. The Kier molecular flexibility index (Phi) is 6.23. The highest BCUT2D eigenvalue weighted by Gasteiger charge is 2.16. The molecule has 152 valence electrons. The number of sulfonamides is 1. The van der Waals surface area contributed by atoms with Crippen LogP contribution in [0.4, 0.5) is 19.6 Å². The Balaban J connectivity index is 1.56. The summed E-state index contributed by atoms with van der Waals surface area (Å²) >= 11 is 1.08. The number of aryl methyl sites for hydroxylation is 2. The summed E-state index contributed by atoms with van der Waals surface area (Å²) in [5.74, 6) is -1.25. The molecule has 0 radical (unpaired) electrons. The molecule has 1 aromatic heterocycles. The van der Waals surface area contributed by atoms with Gasteiger partial charge >= 0.3 is 0 Å². The molecule has 0 atom stereocenters. The molecular formula is C19H17F2N3O3S2. The van der Waals surface area contributed by atoms with Crippen LogP contribution in [0.1, 0.15) is 17.7 Å². The van der Waals surface area contributed by atoms with Crippen LogP contribution in [0.2, 0.25) is 0 Å². The molecule has 2 aromatic carbocycles. The van der Waals surface area contributed by atoms with Gasteiger partial charge in [-0.2, -0.15) is 0 Å². The van der Waals surface area contributed by atoms with E-state index >= 15 is 0 Å². The maximum Gasteiger partial charge on any atom is 0.263 e. The van der Waals surface area contributed by atoms with E-state index < -0.39 is 21.7 Å². The quantitative estimate of drug-likeness (QED) is 0.583. The third-order valence-electron chi connectivity index (χ3n) is 3.96. The Morgan fingerprint density at radius 2 is 1.86 bits per heavy atom. The van der Waals surface area contributed by atoms with E-state index in [-0.39, 0.29) is 28.8 Å². The number of nitrogens with zero attached hydrogens (tertiary/aromatic N) is 1. The second-order valence-corrected chi connectivity index (χ2v) is 8.76. The number of carbonyl (C=O) groups is 1. The van der Waals surface area contributed by atoms with Crippen LogP contribution in [-0.2, 0) is 21.2 Å². The van der Waals surface area contributed by atoms with Crippen molar-refractivity contribution in [2.24, 2.45) is 0 Å². The van der Waals surface area contributed by atoms with Crippen LogP contribution in [0.25, 0.3) is 0 Å². The van der Waals surface area contributed by atoms with Crippen molar-refractivity contribution in [3.05, 3.63) is 70.7 Å². The molecule has 0 unspecified atom stereocenters. The fourth-order valence-corrected chi connectivity index (χ4v) is 4.39. The van der Waals surface area contributed by atoms with E-state index in [1.54, 1.807) is 24.4 Å². The van der Waals surface area contributed by atoms with E-state index in [1.807, 2.05) is 0 Å². The highest BCUT2D eigenvalue weighted by atomic mass is 32.2. The lowest BCUT2D eigenvalue weighted by Gasteiger charge is -2.06. The van der Waals surface area contributed by atoms with Gasteiger partial charge < -0.3 is 5.32 Å². The topological polar surface area (TPSA) is 88.2 Å². The van der Waals surface area contributed by atoms with Crippen LogP contribution in [-0.4, -0.2) is 19.3 Å². The van der Waals surface area contributed by atoms with Crippen molar-refractivity contribution in [2.75, 3.05) is 10.0 Å². The molecule has 10 heteroatoms. The molecule has 29 heavy (non-hydrogen) atoms. The Morgan fingerprint density at radius 3 is 2.55 bits per heavy atom. The SMILES string of the molecule is Cc1ccc(NC(=O)CCc2csc(NS(=O)(=O)c3ccc(F)cc3)n2)cc1F. The standard InChI is InChI=1S/C19H17F2N3O3S2/c1-12-2-5-14(10-17(12)21)22-18(25)9-6-15-11-28-19(23-15)24-29(26,27)16-7-3-13(20)4-8-16/h2-5,7-8,10-11H,6,9H2,1H3,(H,22,25)(H,23,24). The summed E-state index contributed by atoms with van der Waals surface area (Å²) in [6, 6.07) is 8.86. The highest BCUT2D eigenvalue weighted by molar-refractivity contribution is 7.93. The third-order valence-corrected chi connectivity index (χ3v) is 6.25. The monoisotopic (exact) mass is 437 g/mol. The first-order chi connectivity index (χ1) is 13.7. The summed E-state index contributed by atoms with van der Waals surface area (Å²) in [5.41, 5.74) is 1.39. The van der Waals surface area contributed by atoms with Gasteiger partial charge in [0.05, 0.1) is 10.6 Å². The van der Waals surface area contributed by atoms with Gasteiger partial charge in [-0.05, 0) is 55.3 Å². The average molecular weight is 437 g/mol. The Hall–Kier alpha value is -2.85. The molecule has 0 bridgehead atoms. The van der Waals surface area contributed by atoms with Crippen LogP contribution in [0.3, 0.4) is 0 Å². The predicted molar refractivity (Wildman–Crippen MR) is 107 cm³/mol. The second kappa shape index (κ2) is 8.66. The van der Waals surface area contributed by atoms with E-state index in [9.17, 15) is 22.0 Å². The molecule has 0 spiro atoms. The first kappa shape index (κ1) is 20.9. The molecule has 0 saturated heterocycles. The van der Waals surface area contributed by atoms with Crippen molar-refractivity contribution in [3.8, 4) is 0 Å². The third kappa shape index (κ3) is 5.58. The Bertz CT molecular complexity index is 1130. The van der Waals surface area contributed by atoms with Crippen molar-refractivity contribution in [3.63, 3.8) is 0 Å². The predicted octanol–water partition coefficient (Wildman–Crippen LogP) is 4.10. The van der Waals surface area contributed by atoms with Gasteiger partial charge in [-0.15, -0.1) is 11.3 Å². The summed E-state index contributed by atoms with van der Waals surface area (Å²) in [4.78, 5) is 16.1. The molecule has 0 aliphatic rings. The zero-order valence-corrected chi connectivity index (χ0v) is 16.9. The molecule has 1 heterocycles. The Labute approximate surface area is 170 Å². The van der Waals surface area contributed by atoms with Gasteiger partial charge in [0.25, 0.3) is 10.0 Å². The zero-order chi connectivity index (χ0) is 21.0. The number of thiazole rings is 1. The number of nitrogens with one attached hydrogen (secondary N) is 2. The molecule has 0 aliphatic heterocycles. The molecule has 6 nitrogen and oxygen atoms in total. The second-order valence-electron chi connectivity index (χ2n) is 6.22. The largest absolute Gasteiger partial charge is 0.326 e. The summed E-state index contributed by atoms with van der Waals surface area (Å²) in [6.07, 6.45) is 0.387. The lowest BCUT2D eigenvalue weighted by atomic mass is 10.2. The van der Waals surface area contributed by atoms with Crippen molar-refractivity contribution >= 4 is 38.1 Å². The maximum absolute atomic E-state index is 13.5. The number of amides is 1. The number of benzene rings is 2. The van der Waals surface area contributed by atoms with Gasteiger partial charge in [-0.1, -0.05) is 6.07 Å². The smallest absolute Gasteiger partial charge is 0.263 e.